The first-order chi connectivity index (χ1) is 11.9. The van der Waals surface area contributed by atoms with Gasteiger partial charge in [0.05, 0.1) is 6.16 Å². The third-order valence-electron chi connectivity index (χ3n) is 5.49. The van der Waals surface area contributed by atoms with Gasteiger partial charge in [0.2, 0.25) is 0 Å². The van der Waals surface area contributed by atoms with Gasteiger partial charge >= 0.3 is 0 Å². The Morgan fingerprint density at radius 3 is 1.88 bits per heavy atom. The van der Waals surface area contributed by atoms with Gasteiger partial charge in [-0.1, -0.05) is 61.5 Å². The standard InChI is InChI=1S/C23H24P/c1-2-19-17-18-24(20-11-5-3-6-12-20,21-13-7-4-8-14-21)23-16-10-9-15-22(19)23/h3-16,19H,2,17-18H2,1H3/q+1. The van der Waals surface area contributed by atoms with Gasteiger partial charge in [-0.25, -0.2) is 0 Å². The molecule has 0 saturated carbocycles. The lowest BCUT2D eigenvalue weighted by Crippen LogP contribution is -2.39. The van der Waals surface area contributed by atoms with E-state index >= 15 is 0 Å². The summed E-state index contributed by atoms with van der Waals surface area (Å²) in [6.07, 6.45) is 3.82. The average Bonchev–Trinajstić information content (AvgIpc) is 2.68. The Kier molecular flexibility index (Phi) is 4.25. The molecule has 3 aromatic carbocycles. The summed E-state index contributed by atoms with van der Waals surface area (Å²) in [7, 11) is -1.54. The smallest absolute Gasteiger partial charge is 0.0648 e. The number of rotatable bonds is 3. The van der Waals surface area contributed by atoms with Crippen LogP contribution in [0.3, 0.4) is 0 Å². The molecule has 1 unspecified atom stereocenters. The summed E-state index contributed by atoms with van der Waals surface area (Å²) in [6.45, 7) is 2.33. The number of hydrogen-bond acceptors (Lipinski definition) is 0. The first-order valence-corrected chi connectivity index (χ1v) is 10.9. The highest BCUT2D eigenvalue weighted by molar-refractivity contribution is 7.95. The molecule has 3 aromatic rings. The molecule has 4 rings (SSSR count). The van der Waals surface area contributed by atoms with Crippen LogP contribution in [0.2, 0.25) is 0 Å². The Morgan fingerprint density at radius 1 is 0.750 bits per heavy atom. The van der Waals surface area contributed by atoms with Crippen LogP contribution >= 0.6 is 7.26 Å². The van der Waals surface area contributed by atoms with E-state index < -0.39 is 7.26 Å². The fourth-order valence-electron chi connectivity index (χ4n) is 4.28. The molecule has 0 N–H and O–H groups in total. The van der Waals surface area contributed by atoms with E-state index in [0.29, 0.717) is 5.92 Å². The van der Waals surface area contributed by atoms with Gasteiger partial charge < -0.3 is 0 Å². The van der Waals surface area contributed by atoms with Crippen molar-refractivity contribution in [2.45, 2.75) is 25.7 Å². The summed E-state index contributed by atoms with van der Waals surface area (Å²) in [5.41, 5.74) is 1.59. The minimum atomic E-state index is -1.54. The molecule has 0 saturated heterocycles. The molecular formula is C23H24P+. The van der Waals surface area contributed by atoms with Crippen molar-refractivity contribution in [3.05, 3.63) is 90.5 Å². The highest BCUT2D eigenvalue weighted by Gasteiger charge is 2.49. The fourth-order valence-corrected chi connectivity index (χ4v) is 8.99. The molecular weight excluding hydrogens is 307 g/mol. The Bertz CT molecular complexity index is 768. The quantitative estimate of drug-likeness (QED) is 0.600. The second-order valence-corrected chi connectivity index (χ2v) is 10.2. The van der Waals surface area contributed by atoms with Gasteiger partial charge in [0.15, 0.2) is 0 Å². The Balaban J connectivity index is 2.02. The maximum atomic E-state index is 2.41. The first kappa shape index (κ1) is 15.6. The van der Waals surface area contributed by atoms with Gasteiger partial charge in [-0.05, 0) is 54.7 Å². The van der Waals surface area contributed by atoms with E-state index in [2.05, 4.69) is 91.9 Å². The first-order valence-electron chi connectivity index (χ1n) is 8.95. The van der Waals surface area contributed by atoms with Crippen molar-refractivity contribution in [2.24, 2.45) is 0 Å². The second kappa shape index (κ2) is 6.54. The largest absolute Gasteiger partial charge is 0.112 e. The Labute approximate surface area is 145 Å². The number of hydrogen-bond donors (Lipinski definition) is 0. The molecule has 0 nitrogen and oxygen atoms in total. The molecule has 1 heterocycles. The Morgan fingerprint density at radius 2 is 1.29 bits per heavy atom. The van der Waals surface area contributed by atoms with Gasteiger partial charge in [0, 0.05) is 0 Å². The highest BCUT2D eigenvalue weighted by atomic mass is 31.2. The number of benzene rings is 3. The van der Waals surface area contributed by atoms with Gasteiger partial charge in [-0.3, -0.25) is 0 Å². The highest BCUT2D eigenvalue weighted by Crippen LogP contribution is 2.60. The van der Waals surface area contributed by atoms with Crippen LogP contribution in [0.25, 0.3) is 0 Å². The maximum Gasteiger partial charge on any atom is 0.112 e. The summed E-state index contributed by atoms with van der Waals surface area (Å²) in [6, 6.07) is 31.7. The van der Waals surface area contributed by atoms with Gasteiger partial charge in [-0.15, -0.1) is 0 Å². The van der Waals surface area contributed by atoms with Crippen LogP contribution in [0.4, 0.5) is 0 Å². The lowest BCUT2D eigenvalue weighted by atomic mass is 9.93. The van der Waals surface area contributed by atoms with Gasteiger partial charge in [0.1, 0.15) is 23.2 Å². The lowest BCUT2D eigenvalue weighted by molar-refractivity contribution is 0.642. The molecule has 1 heteroatoms. The van der Waals surface area contributed by atoms with Crippen molar-refractivity contribution < 1.29 is 0 Å². The molecule has 0 radical (unpaired) electrons. The molecule has 1 atom stereocenters. The molecule has 0 aliphatic carbocycles. The van der Waals surface area contributed by atoms with Crippen LogP contribution in [0, 0.1) is 0 Å². The zero-order chi connectivity index (χ0) is 16.4. The van der Waals surface area contributed by atoms with Crippen LogP contribution in [0.15, 0.2) is 84.9 Å². The van der Waals surface area contributed by atoms with Gasteiger partial charge in [-0.2, -0.15) is 0 Å². The molecule has 120 valence electrons. The third kappa shape index (κ3) is 2.41. The van der Waals surface area contributed by atoms with E-state index in [4.69, 9.17) is 0 Å². The SMILES string of the molecule is CCC1CC[P+](c2ccccc2)(c2ccccc2)c2ccccc21. The molecule has 1 aliphatic rings. The molecule has 0 bridgehead atoms. The van der Waals surface area contributed by atoms with E-state index in [0.717, 1.165) is 0 Å². The predicted molar refractivity (Wildman–Crippen MR) is 108 cm³/mol. The zero-order valence-electron chi connectivity index (χ0n) is 14.2. The van der Waals surface area contributed by atoms with E-state index in [1.54, 1.807) is 10.9 Å². The van der Waals surface area contributed by atoms with E-state index in [-0.39, 0.29) is 0 Å². The minimum Gasteiger partial charge on any atom is -0.0648 e. The van der Waals surface area contributed by atoms with E-state index in [1.165, 1.54) is 29.6 Å². The topological polar surface area (TPSA) is 0 Å². The zero-order valence-corrected chi connectivity index (χ0v) is 15.1. The molecule has 0 amide bonds. The van der Waals surface area contributed by atoms with Crippen LogP contribution < -0.4 is 15.9 Å². The van der Waals surface area contributed by atoms with Crippen molar-refractivity contribution in [3.8, 4) is 0 Å². The normalized spacial score (nSPS) is 18.8. The maximum absolute atomic E-state index is 2.41. The van der Waals surface area contributed by atoms with Gasteiger partial charge in [0.25, 0.3) is 0 Å². The molecule has 1 aliphatic heterocycles. The van der Waals surface area contributed by atoms with Crippen molar-refractivity contribution in [3.63, 3.8) is 0 Å². The van der Waals surface area contributed by atoms with E-state index in [9.17, 15) is 0 Å². The average molecular weight is 331 g/mol. The van der Waals surface area contributed by atoms with Crippen LogP contribution in [0.5, 0.6) is 0 Å². The monoisotopic (exact) mass is 331 g/mol. The van der Waals surface area contributed by atoms with Crippen LogP contribution in [-0.2, 0) is 0 Å². The van der Waals surface area contributed by atoms with Crippen molar-refractivity contribution in [2.75, 3.05) is 6.16 Å². The molecule has 24 heavy (non-hydrogen) atoms. The van der Waals surface area contributed by atoms with Crippen molar-refractivity contribution >= 4 is 23.2 Å². The van der Waals surface area contributed by atoms with Crippen LogP contribution in [-0.4, -0.2) is 6.16 Å². The minimum absolute atomic E-state index is 0.710. The van der Waals surface area contributed by atoms with E-state index in [1.807, 2.05) is 0 Å². The fraction of sp³-hybridized carbons (Fsp3) is 0.217. The summed E-state index contributed by atoms with van der Waals surface area (Å²) < 4.78 is 0. The molecule has 0 spiro atoms. The van der Waals surface area contributed by atoms with Crippen molar-refractivity contribution in [1.29, 1.82) is 0 Å². The molecule has 0 fully saturated rings. The summed E-state index contributed by atoms with van der Waals surface area (Å²) in [5, 5.41) is 4.66. The third-order valence-corrected chi connectivity index (χ3v) is 10.0. The second-order valence-electron chi connectivity index (χ2n) is 6.66. The molecule has 0 aromatic heterocycles. The summed E-state index contributed by atoms with van der Waals surface area (Å²) >= 11 is 0. The lowest BCUT2D eigenvalue weighted by Gasteiger charge is -2.35. The summed E-state index contributed by atoms with van der Waals surface area (Å²) in [4.78, 5) is 0. The van der Waals surface area contributed by atoms with Crippen LogP contribution in [0.1, 0.15) is 31.2 Å². The van der Waals surface area contributed by atoms with Crippen molar-refractivity contribution in [1.82, 2.24) is 0 Å². The summed E-state index contributed by atoms with van der Waals surface area (Å²) in [5.74, 6) is 0.710. The number of fused-ring (bicyclic) bond motifs is 1. The predicted octanol–water partition coefficient (Wildman–Crippen LogP) is 4.88. The Hall–Kier alpha value is -1.91.